The van der Waals surface area contributed by atoms with E-state index in [0.717, 1.165) is 22.7 Å². The van der Waals surface area contributed by atoms with E-state index in [1.54, 1.807) is 0 Å². The van der Waals surface area contributed by atoms with Crippen molar-refractivity contribution in [1.29, 1.82) is 0 Å². The van der Waals surface area contributed by atoms with E-state index in [4.69, 9.17) is 10.8 Å². The molecular weight excluding hydrogens is 469 g/mol. The molecule has 176 valence electrons. The number of halogens is 3. The maximum absolute atomic E-state index is 12.3. The second kappa shape index (κ2) is 8.47. The molecule has 0 bridgehead atoms. The van der Waals surface area contributed by atoms with Crippen molar-refractivity contribution >= 4 is 33.1 Å². The van der Waals surface area contributed by atoms with Gasteiger partial charge in [-0.1, -0.05) is 20.8 Å². The van der Waals surface area contributed by atoms with Crippen LogP contribution in [-0.4, -0.2) is 35.1 Å². The Hall–Kier alpha value is -2.47. The maximum Gasteiger partial charge on any atom is 0.416 e. The molecule has 0 unspecified atom stereocenters. The Balaban J connectivity index is 0.000000244. The van der Waals surface area contributed by atoms with Gasteiger partial charge in [0.2, 0.25) is 0 Å². The molecule has 1 aliphatic carbocycles. The summed E-state index contributed by atoms with van der Waals surface area (Å²) in [6.07, 6.45) is -4.61. The zero-order valence-corrected chi connectivity index (χ0v) is 19.4. The van der Waals surface area contributed by atoms with Gasteiger partial charge in [0, 0.05) is 4.88 Å². The number of aromatic nitrogens is 1. The Kier molecular flexibility index (Phi) is 6.82. The number of carbonyl (C=O) groups is 2. The van der Waals surface area contributed by atoms with E-state index < -0.39 is 43.1 Å². The van der Waals surface area contributed by atoms with Gasteiger partial charge in [-0.15, -0.1) is 11.3 Å². The number of aryl methyl sites for hydroxylation is 1. The highest BCUT2D eigenvalue weighted by Crippen LogP contribution is 2.47. The van der Waals surface area contributed by atoms with E-state index in [2.05, 4.69) is 25.8 Å². The van der Waals surface area contributed by atoms with E-state index >= 15 is 0 Å². The molecule has 0 saturated heterocycles. The summed E-state index contributed by atoms with van der Waals surface area (Å²) in [4.78, 5) is 26.7. The minimum atomic E-state index is -4.56. The van der Waals surface area contributed by atoms with Gasteiger partial charge in [0.25, 0.3) is 5.91 Å². The summed E-state index contributed by atoms with van der Waals surface area (Å²) in [5, 5.41) is 9.33. The Bertz CT molecular complexity index is 1130. The van der Waals surface area contributed by atoms with Crippen molar-refractivity contribution in [2.24, 2.45) is 5.73 Å². The van der Waals surface area contributed by atoms with Crippen LogP contribution in [0.2, 0.25) is 0 Å². The lowest BCUT2D eigenvalue weighted by atomic mass is 9.94. The Labute approximate surface area is 187 Å². The third-order valence-electron chi connectivity index (χ3n) is 4.79. The Morgan fingerprint density at radius 2 is 1.62 bits per heavy atom. The lowest BCUT2D eigenvalue weighted by molar-refractivity contribution is -0.138. The van der Waals surface area contributed by atoms with Crippen LogP contribution >= 0.6 is 11.3 Å². The number of amides is 1. The van der Waals surface area contributed by atoms with Crippen LogP contribution in [0.25, 0.3) is 0 Å². The third-order valence-corrected chi connectivity index (χ3v) is 8.89. The minimum Gasteiger partial charge on any atom is -0.480 e. The monoisotopic (exact) mass is 492 g/mol. The van der Waals surface area contributed by atoms with Crippen LogP contribution < -0.4 is 5.73 Å². The molecular formula is C20H23F3N2O5S2. The number of alkyl halides is 3. The van der Waals surface area contributed by atoms with Crippen molar-refractivity contribution in [2.75, 3.05) is 0 Å². The highest BCUT2D eigenvalue weighted by atomic mass is 32.2. The highest BCUT2D eigenvalue weighted by Gasteiger charge is 2.61. The van der Waals surface area contributed by atoms with Gasteiger partial charge in [-0.25, -0.2) is 13.4 Å². The number of rotatable bonds is 4. The molecule has 1 aromatic carbocycles. The predicted molar refractivity (Wildman–Crippen MR) is 112 cm³/mol. The Morgan fingerprint density at radius 1 is 1.12 bits per heavy atom. The van der Waals surface area contributed by atoms with Crippen molar-refractivity contribution in [3.8, 4) is 0 Å². The normalized spacial score (nSPS) is 15.5. The van der Waals surface area contributed by atoms with Gasteiger partial charge >= 0.3 is 12.1 Å². The number of aliphatic carboxylic acids is 1. The van der Waals surface area contributed by atoms with Crippen LogP contribution in [0.1, 0.15) is 59.5 Å². The number of hydrogen-bond acceptors (Lipinski definition) is 6. The number of sulfone groups is 1. The van der Waals surface area contributed by atoms with Crippen LogP contribution in [0.15, 0.2) is 29.2 Å². The fourth-order valence-electron chi connectivity index (χ4n) is 2.96. The maximum atomic E-state index is 12.3. The van der Waals surface area contributed by atoms with Crippen molar-refractivity contribution in [1.82, 2.24) is 4.98 Å². The molecule has 0 atom stereocenters. The van der Waals surface area contributed by atoms with E-state index in [0.29, 0.717) is 17.1 Å². The van der Waals surface area contributed by atoms with Gasteiger partial charge in [0.15, 0.2) is 19.6 Å². The second-order valence-electron chi connectivity index (χ2n) is 8.37. The van der Waals surface area contributed by atoms with Crippen molar-refractivity contribution < 1.29 is 36.3 Å². The molecule has 1 amide bonds. The van der Waals surface area contributed by atoms with Gasteiger partial charge in [0.1, 0.15) is 0 Å². The molecule has 0 aliphatic heterocycles. The molecule has 2 aromatic rings. The lowest BCUT2D eigenvalue weighted by Gasteiger charge is -2.16. The lowest BCUT2D eigenvalue weighted by Crippen LogP contribution is -2.32. The number of hydrogen-bond donors (Lipinski definition) is 2. The van der Waals surface area contributed by atoms with Crippen LogP contribution in [0.5, 0.6) is 0 Å². The zero-order chi connectivity index (χ0) is 24.7. The predicted octanol–water partition coefficient (Wildman–Crippen LogP) is 3.94. The number of carboxylic acid groups (broad SMARTS) is 1. The van der Waals surface area contributed by atoms with E-state index in [1.807, 2.05) is 6.92 Å². The average Bonchev–Trinajstić information content (AvgIpc) is 3.38. The van der Waals surface area contributed by atoms with E-state index in [1.165, 1.54) is 11.3 Å². The van der Waals surface area contributed by atoms with Crippen LogP contribution in [0, 0.1) is 6.92 Å². The summed E-state index contributed by atoms with van der Waals surface area (Å²) in [5.41, 5.74) is 5.11. The zero-order valence-electron chi connectivity index (χ0n) is 17.8. The van der Waals surface area contributed by atoms with Crippen LogP contribution in [0.4, 0.5) is 13.2 Å². The summed E-state index contributed by atoms with van der Waals surface area (Å²) in [6.45, 7) is 8.19. The first kappa shape index (κ1) is 25.8. The molecule has 1 heterocycles. The van der Waals surface area contributed by atoms with E-state index in [-0.39, 0.29) is 18.3 Å². The number of primary amides is 1. The summed E-state index contributed by atoms with van der Waals surface area (Å²) in [5.74, 6) is -1.91. The Morgan fingerprint density at radius 3 is 1.91 bits per heavy atom. The molecule has 1 aromatic heterocycles. The first-order valence-corrected chi connectivity index (χ1v) is 11.7. The molecule has 1 aliphatic rings. The highest BCUT2D eigenvalue weighted by molar-refractivity contribution is 7.94. The largest absolute Gasteiger partial charge is 0.480 e. The molecule has 12 heteroatoms. The summed E-state index contributed by atoms with van der Waals surface area (Å²) in [7, 11) is -4.16. The first-order chi connectivity index (χ1) is 14.4. The summed E-state index contributed by atoms with van der Waals surface area (Å²) in [6, 6.07) is 2.85. The molecule has 32 heavy (non-hydrogen) atoms. The molecule has 3 N–H and O–H groups in total. The van der Waals surface area contributed by atoms with Crippen LogP contribution in [-0.2, 0) is 26.2 Å². The first-order valence-electron chi connectivity index (χ1n) is 9.36. The number of benzene rings is 1. The molecule has 1 fully saturated rings. The van der Waals surface area contributed by atoms with Crippen molar-refractivity contribution in [3.05, 3.63) is 45.4 Å². The second-order valence-corrected chi connectivity index (χ2v) is 11.6. The van der Waals surface area contributed by atoms with Crippen molar-refractivity contribution in [2.45, 2.75) is 61.8 Å². The van der Waals surface area contributed by atoms with Gasteiger partial charge < -0.3 is 10.8 Å². The van der Waals surface area contributed by atoms with Crippen LogP contribution in [0.3, 0.4) is 0 Å². The van der Waals surface area contributed by atoms with Crippen molar-refractivity contribution in [3.63, 3.8) is 0 Å². The molecule has 1 saturated carbocycles. The molecule has 7 nitrogen and oxygen atoms in total. The van der Waals surface area contributed by atoms with Gasteiger partial charge in [-0.3, -0.25) is 9.59 Å². The SMILES string of the molecule is Cc1nc(C(N)=O)sc1C(C)(C)C.O=C(O)C1(S(=O)(=O)c2ccc(C(F)(F)F)cc2)CC1. The number of carbonyl (C=O) groups excluding carboxylic acids is 1. The molecule has 3 rings (SSSR count). The standard InChI is InChI=1S/C11H9F3O4S.C9H14N2OS/c12-11(13,14)7-1-3-8(4-2-7)19(17,18)10(5-6-10)9(15)16;1-5-6(9(2,3)4)13-8(11-5)7(10)12/h1-4H,5-6H2,(H,15,16);1-4H3,(H2,10,12). The fourth-order valence-corrected chi connectivity index (χ4v) is 5.75. The van der Waals surface area contributed by atoms with E-state index in [9.17, 15) is 31.2 Å². The fraction of sp³-hybridized carbons (Fsp3) is 0.450. The average molecular weight is 493 g/mol. The minimum absolute atomic E-state index is 0.0221. The number of nitrogens with two attached hydrogens (primary N) is 1. The number of nitrogens with zero attached hydrogens (tertiary/aromatic N) is 1. The third kappa shape index (κ3) is 5.12. The topological polar surface area (TPSA) is 127 Å². The number of thiazole rings is 1. The van der Waals surface area contributed by atoms with Gasteiger partial charge in [0.05, 0.1) is 16.2 Å². The number of carboxylic acids is 1. The van der Waals surface area contributed by atoms with Gasteiger partial charge in [-0.2, -0.15) is 13.2 Å². The van der Waals surface area contributed by atoms with Gasteiger partial charge in [-0.05, 0) is 49.4 Å². The quantitative estimate of drug-likeness (QED) is 0.665. The summed E-state index contributed by atoms with van der Waals surface area (Å²) < 4.78 is 59.3. The summed E-state index contributed by atoms with van der Waals surface area (Å²) >= 11 is 1.39. The smallest absolute Gasteiger partial charge is 0.416 e. The molecule has 0 spiro atoms. The molecule has 0 radical (unpaired) electrons.